The van der Waals surface area contributed by atoms with E-state index < -0.39 is 0 Å². The minimum Gasteiger partial charge on any atom is -0.399 e. The molecule has 0 spiro atoms. The van der Waals surface area contributed by atoms with Gasteiger partial charge in [0.25, 0.3) is 0 Å². The summed E-state index contributed by atoms with van der Waals surface area (Å²) in [7, 11) is 1.41. The summed E-state index contributed by atoms with van der Waals surface area (Å²) in [6.07, 6.45) is 0. The lowest BCUT2D eigenvalue weighted by atomic mass is 9.78. The number of nitrogens with one attached hydrogen (secondary N) is 1. The van der Waals surface area contributed by atoms with Gasteiger partial charge in [0, 0.05) is 20.2 Å². The van der Waals surface area contributed by atoms with Crippen LogP contribution in [0.4, 0.5) is 0 Å². The highest BCUT2D eigenvalue weighted by molar-refractivity contribution is 6.62. The van der Waals surface area contributed by atoms with E-state index in [1.165, 1.54) is 11.1 Å². The Kier molecular flexibility index (Phi) is 5.33. The minimum absolute atomic E-state index is 0.302. The van der Waals surface area contributed by atoms with Gasteiger partial charge in [0.2, 0.25) is 0 Å². The van der Waals surface area contributed by atoms with Crippen molar-refractivity contribution < 1.29 is 14.0 Å². The van der Waals surface area contributed by atoms with Crippen molar-refractivity contribution in [3.05, 3.63) is 29.3 Å². The summed E-state index contributed by atoms with van der Waals surface area (Å²) in [5, 5.41) is 3.39. The lowest BCUT2D eigenvalue weighted by Gasteiger charge is -2.32. The molecule has 1 saturated heterocycles. The highest BCUT2D eigenvalue weighted by Crippen LogP contribution is 2.36. The molecule has 22 heavy (non-hydrogen) atoms. The van der Waals surface area contributed by atoms with Crippen LogP contribution in [0.25, 0.3) is 0 Å². The maximum atomic E-state index is 6.13. The molecule has 0 unspecified atom stereocenters. The Hall–Kier alpha value is -0.875. The van der Waals surface area contributed by atoms with Crippen molar-refractivity contribution in [2.75, 3.05) is 20.3 Å². The van der Waals surface area contributed by atoms with Gasteiger partial charge in [0.05, 0.1) is 17.8 Å². The molecule has 0 aromatic heterocycles. The second-order valence-corrected chi connectivity index (χ2v) is 6.94. The first-order valence-corrected chi connectivity index (χ1v) is 7.91. The molecular weight excluding hydrogens is 277 g/mol. The van der Waals surface area contributed by atoms with Crippen molar-refractivity contribution in [1.82, 2.24) is 5.32 Å². The molecule has 0 atom stereocenters. The van der Waals surface area contributed by atoms with Crippen molar-refractivity contribution in [1.29, 1.82) is 0 Å². The predicted molar refractivity (Wildman–Crippen MR) is 90.5 cm³/mol. The first-order valence-electron chi connectivity index (χ1n) is 7.91. The fraction of sp³-hybridized carbons (Fsp3) is 0.647. The van der Waals surface area contributed by atoms with E-state index in [9.17, 15) is 0 Å². The van der Waals surface area contributed by atoms with E-state index >= 15 is 0 Å². The Morgan fingerprint density at radius 1 is 1.14 bits per heavy atom. The van der Waals surface area contributed by atoms with Gasteiger partial charge in [-0.25, -0.2) is 0 Å². The number of hydrogen-bond donors (Lipinski definition) is 1. The molecule has 1 aliphatic heterocycles. The number of benzene rings is 1. The predicted octanol–water partition coefficient (Wildman–Crippen LogP) is 2.03. The Bertz CT molecular complexity index is 501. The molecule has 1 N–H and O–H groups in total. The Morgan fingerprint density at radius 3 is 2.36 bits per heavy atom. The van der Waals surface area contributed by atoms with E-state index in [0.29, 0.717) is 0 Å². The highest BCUT2D eigenvalue weighted by Gasteiger charge is 2.51. The summed E-state index contributed by atoms with van der Waals surface area (Å²) in [6.45, 7) is 12.8. The van der Waals surface area contributed by atoms with E-state index in [4.69, 9.17) is 14.0 Å². The van der Waals surface area contributed by atoms with Crippen LogP contribution in [-0.2, 0) is 20.6 Å². The van der Waals surface area contributed by atoms with Crippen molar-refractivity contribution in [2.45, 2.75) is 52.4 Å². The number of hydrogen-bond acceptors (Lipinski definition) is 4. The van der Waals surface area contributed by atoms with Crippen LogP contribution in [0.15, 0.2) is 18.2 Å². The smallest absolute Gasteiger partial charge is 0.399 e. The lowest BCUT2D eigenvalue weighted by Crippen LogP contribution is -2.41. The van der Waals surface area contributed by atoms with Gasteiger partial charge in [-0.2, -0.15) is 0 Å². The molecule has 1 aromatic rings. The van der Waals surface area contributed by atoms with Gasteiger partial charge in [-0.15, -0.1) is 0 Å². The zero-order valence-corrected chi connectivity index (χ0v) is 14.7. The summed E-state index contributed by atoms with van der Waals surface area (Å²) >= 11 is 0. The van der Waals surface area contributed by atoms with Gasteiger partial charge in [0.15, 0.2) is 0 Å². The maximum absolute atomic E-state index is 6.13. The lowest BCUT2D eigenvalue weighted by molar-refractivity contribution is 0.00578. The van der Waals surface area contributed by atoms with Crippen molar-refractivity contribution >= 4 is 12.6 Å². The summed E-state index contributed by atoms with van der Waals surface area (Å²) < 4.78 is 17.3. The third-order valence-electron chi connectivity index (χ3n) is 4.70. The van der Waals surface area contributed by atoms with Crippen LogP contribution in [0, 0.1) is 6.92 Å². The molecule has 5 heteroatoms. The van der Waals surface area contributed by atoms with Gasteiger partial charge in [0.1, 0.15) is 0 Å². The van der Waals surface area contributed by atoms with Crippen LogP contribution in [-0.4, -0.2) is 38.6 Å². The first-order chi connectivity index (χ1) is 10.3. The number of aryl methyl sites for hydroxylation is 1. The largest absolute Gasteiger partial charge is 0.494 e. The molecule has 0 bridgehead atoms. The summed E-state index contributed by atoms with van der Waals surface area (Å²) in [4.78, 5) is 0. The number of methoxy groups -OCH3 is 1. The van der Waals surface area contributed by atoms with Crippen molar-refractivity contribution in [3.63, 3.8) is 0 Å². The second-order valence-electron chi connectivity index (χ2n) is 6.94. The Morgan fingerprint density at radius 2 is 1.77 bits per heavy atom. The van der Waals surface area contributed by atoms with Gasteiger partial charge >= 0.3 is 7.12 Å². The average molecular weight is 305 g/mol. The molecule has 0 radical (unpaired) electrons. The quantitative estimate of drug-likeness (QED) is 0.645. The third kappa shape index (κ3) is 3.71. The van der Waals surface area contributed by atoms with Crippen LogP contribution < -0.4 is 10.8 Å². The molecule has 0 aliphatic carbocycles. The molecule has 0 amide bonds. The first kappa shape index (κ1) is 17.5. The molecule has 1 aromatic carbocycles. The van der Waals surface area contributed by atoms with Gasteiger partial charge < -0.3 is 19.4 Å². The topological polar surface area (TPSA) is 39.7 Å². The van der Waals surface area contributed by atoms with E-state index in [0.717, 1.165) is 25.2 Å². The summed E-state index contributed by atoms with van der Waals surface area (Å²) in [5.74, 6) is 0. The van der Waals surface area contributed by atoms with Crippen molar-refractivity contribution in [3.8, 4) is 0 Å². The summed E-state index contributed by atoms with van der Waals surface area (Å²) in [5.41, 5.74) is 3.00. The van der Waals surface area contributed by atoms with Crippen molar-refractivity contribution in [2.24, 2.45) is 0 Å². The zero-order chi connectivity index (χ0) is 16.4. The van der Waals surface area contributed by atoms with E-state index in [1.54, 1.807) is 7.11 Å². The SMILES string of the molecule is COCCNCc1cc(B2OC(C)(C)C(C)(C)O2)ccc1C. The molecule has 122 valence electrons. The fourth-order valence-corrected chi connectivity index (χ4v) is 2.40. The van der Waals surface area contributed by atoms with Gasteiger partial charge in [-0.3, -0.25) is 0 Å². The standard InChI is InChI=1S/C17H28BNO3/c1-13-7-8-15(11-14(13)12-19-9-10-20-6)18-21-16(2,3)17(4,5)22-18/h7-8,11,19H,9-10,12H2,1-6H3. The maximum Gasteiger partial charge on any atom is 0.494 e. The average Bonchev–Trinajstić information content (AvgIpc) is 2.65. The minimum atomic E-state index is -0.306. The molecule has 1 aliphatic rings. The highest BCUT2D eigenvalue weighted by atomic mass is 16.7. The fourth-order valence-electron chi connectivity index (χ4n) is 2.40. The molecule has 2 rings (SSSR count). The molecular formula is C17H28BNO3. The molecule has 1 heterocycles. The second kappa shape index (κ2) is 6.71. The molecule has 1 fully saturated rings. The van der Waals surface area contributed by atoms with Gasteiger partial charge in [-0.05, 0) is 51.2 Å². The monoisotopic (exact) mass is 305 g/mol. The number of rotatable bonds is 6. The third-order valence-corrected chi connectivity index (χ3v) is 4.70. The number of ether oxygens (including phenoxy) is 1. The van der Waals surface area contributed by atoms with Crippen LogP contribution in [0.1, 0.15) is 38.8 Å². The zero-order valence-electron chi connectivity index (χ0n) is 14.7. The normalized spacial score (nSPS) is 19.6. The van der Waals surface area contributed by atoms with Crippen LogP contribution in [0.2, 0.25) is 0 Å². The van der Waals surface area contributed by atoms with E-state index in [1.807, 2.05) is 0 Å². The van der Waals surface area contributed by atoms with Crippen LogP contribution >= 0.6 is 0 Å². The van der Waals surface area contributed by atoms with E-state index in [-0.39, 0.29) is 18.3 Å². The van der Waals surface area contributed by atoms with Gasteiger partial charge in [-0.1, -0.05) is 18.2 Å². The van der Waals surface area contributed by atoms with Crippen LogP contribution in [0.5, 0.6) is 0 Å². The molecule has 4 nitrogen and oxygen atoms in total. The van der Waals surface area contributed by atoms with Crippen LogP contribution in [0.3, 0.4) is 0 Å². The molecule has 0 saturated carbocycles. The summed E-state index contributed by atoms with van der Waals surface area (Å²) in [6, 6.07) is 6.40. The Labute approximate surface area is 134 Å². The Balaban J connectivity index is 2.10. The van der Waals surface area contributed by atoms with E-state index in [2.05, 4.69) is 58.1 Å².